The zero-order valence-electron chi connectivity index (χ0n) is 13.5. The number of aryl methyl sites for hydroxylation is 1. The Morgan fingerprint density at radius 1 is 1.17 bits per heavy atom. The van der Waals surface area contributed by atoms with E-state index in [-0.39, 0.29) is 23.0 Å². The number of carbonyl (C=O) groups is 1. The topological polar surface area (TPSA) is 67.3 Å². The van der Waals surface area contributed by atoms with Crippen molar-refractivity contribution in [2.45, 2.75) is 25.2 Å². The maximum Gasteiger partial charge on any atom is 0.232 e. The molecular formula is C17H20N2O3S. The number of nitrogens with zero attached hydrogens (tertiary/aromatic N) is 2. The molecule has 0 saturated carbocycles. The van der Waals surface area contributed by atoms with Crippen LogP contribution in [0.1, 0.15) is 18.1 Å². The van der Waals surface area contributed by atoms with Crippen molar-refractivity contribution in [1.82, 2.24) is 4.98 Å². The number of sulfone groups is 1. The van der Waals surface area contributed by atoms with Crippen LogP contribution >= 0.6 is 0 Å². The van der Waals surface area contributed by atoms with Crippen LogP contribution in [0, 0.1) is 6.92 Å². The Bertz CT molecular complexity index is 816. The molecule has 5 nitrogen and oxygen atoms in total. The standard InChI is InChI=1S/C17H20N2O3S/c1-4-23(21,22)15-10-6-5-9-14(15)12-16(20)19(3)17-13(2)8-7-11-18-17/h5-11H,4,12H2,1-3H3. The van der Waals surface area contributed by atoms with Gasteiger partial charge >= 0.3 is 0 Å². The van der Waals surface area contributed by atoms with Crippen molar-refractivity contribution < 1.29 is 13.2 Å². The number of aromatic nitrogens is 1. The van der Waals surface area contributed by atoms with Gasteiger partial charge in [0.05, 0.1) is 17.1 Å². The molecule has 1 heterocycles. The van der Waals surface area contributed by atoms with Crippen LogP contribution in [0.5, 0.6) is 0 Å². The van der Waals surface area contributed by atoms with Gasteiger partial charge in [-0.2, -0.15) is 0 Å². The molecule has 23 heavy (non-hydrogen) atoms. The van der Waals surface area contributed by atoms with Crippen LogP contribution < -0.4 is 4.90 Å². The van der Waals surface area contributed by atoms with Crippen molar-refractivity contribution in [1.29, 1.82) is 0 Å². The van der Waals surface area contributed by atoms with E-state index in [1.54, 1.807) is 50.5 Å². The summed E-state index contributed by atoms with van der Waals surface area (Å²) >= 11 is 0. The molecule has 6 heteroatoms. The van der Waals surface area contributed by atoms with Gasteiger partial charge in [0.25, 0.3) is 0 Å². The highest BCUT2D eigenvalue weighted by Crippen LogP contribution is 2.20. The van der Waals surface area contributed by atoms with E-state index >= 15 is 0 Å². The average Bonchev–Trinajstić information content (AvgIpc) is 2.55. The third-order valence-corrected chi connectivity index (χ3v) is 5.53. The van der Waals surface area contributed by atoms with Gasteiger partial charge in [-0.05, 0) is 30.2 Å². The second-order valence-corrected chi connectivity index (χ2v) is 7.53. The maximum atomic E-state index is 12.5. The summed E-state index contributed by atoms with van der Waals surface area (Å²) in [5, 5.41) is 0. The first kappa shape index (κ1) is 17.1. The normalized spacial score (nSPS) is 11.3. The van der Waals surface area contributed by atoms with Crippen LogP contribution in [0.25, 0.3) is 0 Å². The molecule has 0 spiro atoms. The minimum Gasteiger partial charge on any atom is -0.299 e. The Morgan fingerprint density at radius 3 is 2.52 bits per heavy atom. The van der Waals surface area contributed by atoms with Crippen LogP contribution in [-0.4, -0.2) is 32.1 Å². The Morgan fingerprint density at radius 2 is 1.87 bits per heavy atom. The highest BCUT2D eigenvalue weighted by molar-refractivity contribution is 7.91. The number of anilines is 1. The Hall–Kier alpha value is -2.21. The Labute approximate surface area is 136 Å². The Balaban J connectivity index is 2.30. The first-order valence-corrected chi connectivity index (χ1v) is 9.01. The largest absolute Gasteiger partial charge is 0.299 e. The lowest BCUT2D eigenvalue weighted by molar-refractivity contribution is -0.117. The van der Waals surface area contributed by atoms with Crippen molar-refractivity contribution in [2.75, 3.05) is 17.7 Å². The fourth-order valence-electron chi connectivity index (χ4n) is 2.34. The van der Waals surface area contributed by atoms with E-state index in [2.05, 4.69) is 4.98 Å². The van der Waals surface area contributed by atoms with Gasteiger partial charge < -0.3 is 0 Å². The summed E-state index contributed by atoms with van der Waals surface area (Å²) in [5.41, 5.74) is 1.40. The molecule has 0 N–H and O–H groups in total. The number of benzene rings is 1. The van der Waals surface area contributed by atoms with Crippen molar-refractivity contribution in [3.8, 4) is 0 Å². The van der Waals surface area contributed by atoms with Crippen LogP contribution in [0.3, 0.4) is 0 Å². The lowest BCUT2D eigenvalue weighted by Crippen LogP contribution is -2.29. The molecule has 1 aromatic heterocycles. The van der Waals surface area contributed by atoms with E-state index in [0.717, 1.165) is 5.56 Å². The zero-order chi connectivity index (χ0) is 17.0. The summed E-state index contributed by atoms with van der Waals surface area (Å²) in [6, 6.07) is 10.3. The number of hydrogen-bond acceptors (Lipinski definition) is 4. The van der Waals surface area contributed by atoms with Gasteiger partial charge in [-0.3, -0.25) is 9.69 Å². The third kappa shape index (κ3) is 3.76. The molecule has 0 saturated heterocycles. The quantitative estimate of drug-likeness (QED) is 0.843. The fraction of sp³-hybridized carbons (Fsp3) is 0.294. The number of hydrogen-bond donors (Lipinski definition) is 0. The van der Waals surface area contributed by atoms with Crippen LogP contribution in [0.15, 0.2) is 47.5 Å². The van der Waals surface area contributed by atoms with E-state index in [4.69, 9.17) is 0 Å². The number of rotatable bonds is 5. The predicted octanol–water partition coefficient (Wildman–Crippen LogP) is 2.39. The Kier molecular flexibility index (Phi) is 5.15. The maximum absolute atomic E-state index is 12.5. The van der Waals surface area contributed by atoms with Crippen molar-refractivity contribution >= 4 is 21.6 Å². The molecule has 2 rings (SSSR count). The van der Waals surface area contributed by atoms with Gasteiger partial charge in [0.2, 0.25) is 5.91 Å². The van der Waals surface area contributed by atoms with E-state index in [1.807, 2.05) is 13.0 Å². The van der Waals surface area contributed by atoms with Gasteiger partial charge in [-0.1, -0.05) is 31.2 Å². The SMILES string of the molecule is CCS(=O)(=O)c1ccccc1CC(=O)N(C)c1ncccc1C. The minimum atomic E-state index is -3.36. The van der Waals surface area contributed by atoms with E-state index < -0.39 is 9.84 Å². The fourth-order valence-corrected chi connectivity index (χ4v) is 3.47. The summed E-state index contributed by atoms with van der Waals surface area (Å²) in [6.07, 6.45) is 1.64. The number of likely N-dealkylation sites (N-methyl/N-ethyl adjacent to an activating group) is 1. The van der Waals surface area contributed by atoms with Crippen molar-refractivity contribution in [3.63, 3.8) is 0 Å². The second-order valence-electron chi connectivity index (χ2n) is 5.28. The molecule has 0 unspecified atom stereocenters. The van der Waals surface area contributed by atoms with E-state index in [1.165, 1.54) is 4.90 Å². The van der Waals surface area contributed by atoms with Crippen LogP contribution in [0.2, 0.25) is 0 Å². The summed E-state index contributed by atoms with van der Waals surface area (Å²) in [6.45, 7) is 3.47. The molecule has 1 aromatic carbocycles. The first-order valence-electron chi connectivity index (χ1n) is 7.35. The number of pyridine rings is 1. The summed E-state index contributed by atoms with van der Waals surface area (Å²) in [4.78, 5) is 18.4. The van der Waals surface area contributed by atoms with Gasteiger partial charge in [0, 0.05) is 13.2 Å². The van der Waals surface area contributed by atoms with Crippen molar-refractivity contribution in [3.05, 3.63) is 53.7 Å². The molecule has 0 fully saturated rings. The minimum absolute atomic E-state index is 0.00733. The number of amides is 1. The molecule has 2 aromatic rings. The van der Waals surface area contributed by atoms with Gasteiger partial charge in [0.1, 0.15) is 5.82 Å². The molecule has 122 valence electrons. The second kappa shape index (κ2) is 6.91. The lowest BCUT2D eigenvalue weighted by Gasteiger charge is -2.19. The van der Waals surface area contributed by atoms with Crippen LogP contribution in [-0.2, 0) is 21.1 Å². The molecule has 0 bridgehead atoms. The third-order valence-electron chi connectivity index (χ3n) is 3.70. The summed E-state index contributed by atoms with van der Waals surface area (Å²) in [5.74, 6) is 0.381. The lowest BCUT2D eigenvalue weighted by atomic mass is 10.1. The molecule has 1 amide bonds. The molecule has 0 aliphatic carbocycles. The molecule has 0 radical (unpaired) electrons. The average molecular weight is 332 g/mol. The monoisotopic (exact) mass is 332 g/mol. The molecule has 0 atom stereocenters. The van der Waals surface area contributed by atoms with Gasteiger partial charge in [0.15, 0.2) is 9.84 Å². The smallest absolute Gasteiger partial charge is 0.232 e. The van der Waals surface area contributed by atoms with Crippen molar-refractivity contribution in [2.24, 2.45) is 0 Å². The van der Waals surface area contributed by atoms with Crippen LogP contribution in [0.4, 0.5) is 5.82 Å². The molecule has 0 aliphatic rings. The predicted molar refractivity (Wildman–Crippen MR) is 90.3 cm³/mol. The van der Waals surface area contributed by atoms with E-state index in [0.29, 0.717) is 11.4 Å². The molecule has 0 aliphatic heterocycles. The first-order chi connectivity index (χ1) is 10.9. The van der Waals surface area contributed by atoms with Gasteiger partial charge in [-0.15, -0.1) is 0 Å². The molecular weight excluding hydrogens is 312 g/mol. The summed E-state index contributed by atoms with van der Waals surface area (Å²) < 4.78 is 24.3. The summed E-state index contributed by atoms with van der Waals surface area (Å²) in [7, 11) is -1.71. The zero-order valence-corrected chi connectivity index (χ0v) is 14.3. The van der Waals surface area contributed by atoms with E-state index in [9.17, 15) is 13.2 Å². The number of carbonyl (C=O) groups excluding carboxylic acids is 1. The highest BCUT2D eigenvalue weighted by atomic mass is 32.2. The van der Waals surface area contributed by atoms with Gasteiger partial charge in [-0.25, -0.2) is 13.4 Å². The highest BCUT2D eigenvalue weighted by Gasteiger charge is 2.20.